The molecule has 1 fully saturated rings. The number of fused-ring (bicyclic) bond motifs is 1. The topological polar surface area (TPSA) is 84.0 Å². The molecule has 5 rings (SSSR count). The summed E-state index contributed by atoms with van der Waals surface area (Å²) in [6.07, 6.45) is 1.84. The lowest BCUT2D eigenvalue weighted by molar-refractivity contribution is 0.0715. The fourth-order valence-corrected chi connectivity index (χ4v) is 7.02. The second kappa shape index (κ2) is 11.2. The number of carbonyl (C=O) groups is 2. The second-order valence-electron chi connectivity index (χ2n) is 9.64. The number of ether oxygens (including phenoxy) is 1. The summed E-state index contributed by atoms with van der Waals surface area (Å²) in [6.45, 7) is 0.771. The molecule has 2 aliphatic heterocycles. The summed E-state index contributed by atoms with van der Waals surface area (Å²) in [6, 6.07) is 22.1. The van der Waals surface area contributed by atoms with Gasteiger partial charge in [0.15, 0.2) is 5.78 Å². The van der Waals surface area contributed by atoms with Crippen LogP contribution in [0.1, 0.15) is 35.2 Å². The largest absolute Gasteiger partial charge is 0.447 e. The highest BCUT2D eigenvalue weighted by molar-refractivity contribution is 7.92. The molecule has 1 saturated heterocycles. The van der Waals surface area contributed by atoms with Gasteiger partial charge in [0.2, 0.25) is 0 Å². The van der Waals surface area contributed by atoms with E-state index in [1.54, 1.807) is 29.2 Å². The Labute approximate surface area is 228 Å². The first-order valence-electron chi connectivity index (χ1n) is 12.7. The van der Waals surface area contributed by atoms with Crippen LogP contribution in [0.3, 0.4) is 0 Å². The summed E-state index contributed by atoms with van der Waals surface area (Å²) in [5, 5.41) is 0.447. The molecule has 0 saturated carbocycles. The van der Waals surface area contributed by atoms with Crippen molar-refractivity contribution in [1.29, 1.82) is 0 Å². The van der Waals surface area contributed by atoms with Crippen LogP contribution in [0.5, 0.6) is 0 Å². The predicted molar refractivity (Wildman–Crippen MR) is 146 cm³/mol. The number of ketones is 1. The fraction of sp³-hybridized carbons (Fsp3) is 0.310. The smallest absolute Gasteiger partial charge is 0.409 e. The molecule has 0 radical (unpaired) electrons. The summed E-state index contributed by atoms with van der Waals surface area (Å²) in [5.74, 6) is -0.0288. The maximum Gasteiger partial charge on any atom is 0.409 e. The molecule has 1 unspecified atom stereocenters. The number of piperidine rings is 1. The van der Waals surface area contributed by atoms with Gasteiger partial charge in [0, 0.05) is 29.6 Å². The van der Waals surface area contributed by atoms with Gasteiger partial charge in [0.1, 0.15) is 6.61 Å². The molecule has 3 aromatic carbocycles. The number of amides is 1. The Kier molecular flexibility index (Phi) is 7.72. The lowest BCUT2D eigenvalue weighted by Crippen LogP contribution is -2.48. The highest BCUT2D eigenvalue weighted by Gasteiger charge is 2.37. The first-order valence-corrected chi connectivity index (χ1v) is 14.6. The highest BCUT2D eigenvalue weighted by atomic mass is 35.5. The predicted octanol–water partition coefficient (Wildman–Crippen LogP) is 5.58. The van der Waals surface area contributed by atoms with Crippen molar-refractivity contribution < 1.29 is 22.7 Å². The number of rotatable bonds is 6. The highest BCUT2D eigenvalue weighted by Crippen LogP contribution is 2.36. The molecule has 38 heavy (non-hydrogen) atoms. The van der Waals surface area contributed by atoms with Gasteiger partial charge >= 0.3 is 6.09 Å². The van der Waals surface area contributed by atoms with Crippen molar-refractivity contribution in [3.63, 3.8) is 0 Å². The van der Waals surface area contributed by atoms with Crippen molar-refractivity contribution >= 4 is 39.2 Å². The van der Waals surface area contributed by atoms with Crippen molar-refractivity contribution in [3.05, 3.63) is 95.0 Å². The number of hydrogen-bond acceptors (Lipinski definition) is 5. The molecular weight excluding hydrogens is 524 g/mol. The molecule has 198 valence electrons. The van der Waals surface area contributed by atoms with E-state index in [1.165, 1.54) is 16.4 Å². The van der Waals surface area contributed by atoms with Crippen molar-refractivity contribution in [2.24, 2.45) is 5.92 Å². The number of hydrogen-bond donors (Lipinski definition) is 0. The zero-order valence-electron chi connectivity index (χ0n) is 20.8. The molecule has 0 N–H and O–H groups in total. The molecule has 1 atom stereocenters. The van der Waals surface area contributed by atoms with Gasteiger partial charge in [0.25, 0.3) is 10.0 Å². The van der Waals surface area contributed by atoms with Crippen LogP contribution < -0.4 is 4.31 Å². The quantitative estimate of drug-likeness (QED) is 0.373. The average molecular weight is 553 g/mol. The Hall–Kier alpha value is -3.36. The Bertz CT molecular complexity index is 1400. The van der Waals surface area contributed by atoms with Crippen LogP contribution in [0.15, 0.2) is 83.8 Å². The molecule has 0 aliphatic carbocycles. The van der Waals surface area contributed by atoms with Crippen molar-refractivity contribution in [2.75, 3.05) is 24.0 Å². The van der Waals surface area contributed by atoms with E-state index < -0.39 is 22.2 Å². The minimum Gasteiger partial charge on any atom is -0.447 e. The molecule has 0 bridgehead atoms. The molecule has 0 spiro atoms. The van der Waals surface area contributed by atoms with Crippen molar-refractivity contribution in [2.45, 2.75) is 36.6 Å². The Morgan fingerprint density at radius 3 is 2.24 bits per heavy atom. The van der Waals surface area contributed by atoms with Gasteiger partial charge in [0.05, 0.1) is 16.6 Å². The third-order valence-corrected chi connectivity index (χ3v) is 9.39. The van der Waals surface area contributed by atoms with E-state index in [2.05, 4.69) is 0 Å². The normalized spacial score (nSPS) is 18.1. The van der Waals surface area contributed by atoms with Gasteiger partial charge in [-0.2, -0.15) is 0 Å². The lowest BCUT2D eigenvalue weighted by atomic mass is 9.89. The van der Waals surface area contributed by atoms with Crippen LogP contribution in [0.2, 0.25) is 5.02 Å². The monoisotopic (exact) mass is 552 g/mol. The molecule has 9 heteroatoms. The van der Waals surface area contributed by atoms with Crippen LogP contribution in [0, 0.1) is 5.92 Å². The third-order valence-electron chi connectivity index (χ3n) is 7.26. The average Bonchev–Trinajstić information content (AvgIpc) is 2.96. The van der Waals surface area contributed by atoms with E-state index in [-0.39, 0.29) is 23.2 Å². The number of likely N-dealkylation sites (tertiary alicyclic amines) is 1. The third kappa shape index (κ3) is 5.42. The first kappa shape index (κ1) is 26.3. The summed E-state index contributed by atoms with van der Waals surface area (Å²) in [7, 11) is -3.93. The van der Waals surface area contributed by atoms with E-state index in [9.17, 15) is 18.0 Å². The number of benzene rings is 3. The van der Waals surface area contributed by atoms with Crippen LogP contribution in [-0.2, 0) is 21.2 Å². The standard InChI is InChI=1S/C29H29ClN2O5S/c30-24-11-14-26(15-12-24)38(35,36)32-25(13-10-21-6-4-5-9-27(21)32)20-37-29(34)31-18-16-23(17-19-31)28(33)22-7-2-1-3-8-22/h1-9,11-12,14-15,23,25H,10,13,16-20H2. The SMILES string of the molecule is O=C(c1ccccc1)C1CCN(C(=O)OCC2CCc3ccccc3N2S(=O)(=O)c2ccc(Cl)cc2)CC1. The zero-order chi connectivity index (χ0) is 26.7. The van der Waals surface area contributed by atoms with E-state index in [1.807, 2.05) is 42.5 Å². The number of anilines is 1. The van der Waals surface area contributed by atoms with Gasteiger partial charge in [-0.3, -0.25) is 9.10 Å². The lowest BCUT2D eigenvalue weighted by Gasteiger charge is -2.38. The van der Waals surface area contributed by atoms with Crippen LogP contribution in [0.4, 0.5) is 10.5 Å². The molecular formula is C29H29ClN2O5S. The van der Waals surface area contributed by atoms with Gasteiger partial charge in [-0.05, 0) is 61.6 Å². The molecule has 2 aliphatic rings. The minimum absolute atomic E-state index is 0.0666. The van der Waals surface area contributed by atoms with Crippen molar-refractivity contribution in [1.82, 2.24) is 4.90 Å². The number of halogens is 1. The van der Waals surface area contributed by atoms with Gasteiger partial charge in [-0.25, -0.2) is 13.2 Å². The summed E-state index contributed by atoms with van der Waals surface area (Å²) in [5.41, 5.74) is 2.21. The van der Waals surface area contributed by atoms with Gasteiger partial charge < -0.3 is 9.64 Å². The van der Waals surface area contributed by atoms with Crippen LogP contribution in [0.25, 0.3) is 0 Å². The molecule has 1 amide bonds. The molecule has 7 nitrogen and oxygen atoms in total. The number of aryl methyl sites for hydroxylation is 1. The van der Waals surface area contributed by atoms with Crippen LogP contribution >= 0.6 is 11.6 Å². The van der Waals surface area contributed by atoms with E-state index >= 15 is 0 Å². The Balaban J connectivity index is 1.26. The second-order valence-corrected chi connectivity index (χ2v) is 11.9. The number of nitrogens with zero attached hydrogens (tertiary/aromatic N) is 2. The number of carbonyl (C=O) groups excluding carboxylic acids is 2. The summed E-state index contributed by atoms with van der Waals surface area (Å²) in [4.78, 5) is 27.4. The van der Waals surface area contributed by atoms with Crippen molar-refractivity contribution in [3.8, 4) is 0 Å². The zero-order valence-corrected chi connectivity index (χ0v) is 22.4. The number of Topliss-reactive ketones (excluding diaryl/α,β-unsaturated/α-hetero) is 1. The number of sulfonamides is 1. The van der Waals surface area contributed by atoms with Crippen LogP contribution in [-0.4, -0.2) is 50.9 Å². The maximum absolute atomic E-state index is 13.7. The maximum atomic E-state index is 13.7. The summed E-state index contributed by atoms with van der Waals surface area (Å²) < 4.78 is 34.5. The molecule has 0 aromatic heterocycles. The fourth-order valence-electron chi connectivity index (χ4n) is 5.19. The Morgan fingerprint density at radius 2 is 1.53 bits per heavy atom. The van der Waals surface area contributed by atoms with Gasteiger partial charge in [-0.15, -0.1) is 0 Å². The van der Waals surface area contributed by atoms with E-state index in [0.29, 0.717) is 55.0 Å². The minimum atomic E-state index is -3.93. The summed E-state index contributed by atoms with van der Waals surface area (Å²) >= 11 is 5.98. The van der Waals surface area contributed by atoms with E-state index in [4.69, 9.17) is 16.3 Å². The Morgan fingerprint density at radius 1 is 0.868 bits per heavy atom. The first-order chi connectivity index (χ1) is 18.3. The molecule has 3 aromatic rings. The van der Waals surface area contributed by atoms with Gasteiger partial charge in [-0.1, -0.05) is 60.1 Å². The van der Waals surface area contributed by atoms with E-state index in [0.717, 1.165) is 5.56 Å². The number of para-hydroxylation sites is 1. The molecule has 2 heterocycles.